The Morgan fingerprint density at radius 2 is 1.88 bits per heavy atom. The molecular formula is C23H27N3. The highest BCUT2D eigenvalue weighted by atomic mass is 15.2. The van der Waals surface area contributed by atoms with E-state index in [2.05, 4.69) is 71.7 Å². The van der Waals surface area contributed by atoms with Gasteiger partial charge in [0.15, 0.2) is 0 Å². The van der Waals surface area contributed by atoms with E-state index in [9.17, 15) is 0 Å². The van der Waals surface area contributed by atoms with Crippen molar-refractivity contribution < 1.29 is 0 Å². The van der Waals surface area contributed by atoms with Crippen LogP contribution in [0.1, 0.15) is 36.2 Å². The molecule has 0 spiro atoms. The highest BCUT2D eigenvalue weighted by molar-refractivity contribution is 5.83. The normalized spacial score (nSPS) is 17.1. The lowest BCUT2D eigenvalue weighted by Gasteiger charge is -2.30. The molecule has 1 N–H and O–H groups in total. The number of rotatable bonds is 4. The Morgan fingerprint density at radius 3 is 2.69 bits per heavy atom. The number of nitrogens with zero attached hydrogens (tertiary/aromatic N) is 2. The van der Waals surface area contributed by atoms with Crippen LogP contribution in [0.2, 0.25) is 0 Å². The zero-order chi connectivity index (χ0) is 17.8. The molecule has 134 valence electrons. The zero-order valence-electron chi connectivity index (χ0n) is 15.5. The van der Waals surface area contributed by atoms with Crippen molar-refractivity contribution in [2.24, 2.45) is 0 Å². The van der Waals surface area contributed by atoms with Gasteiger partial charge in [-0.2, -0.15) is 0 Å². The van der Waals surface area contributed by atoms with Gasteiger partial charge >= 0.3 is 0 Å². The maximum absolute atomic E-state index is 4.85. The van der Waals surface area contributed by atoms with Crippen molar-refractivity contribution >= 4 is 10.8 Å². The fraction of sp³-hybridized carbons (Fsp3) is 0.348. The van der Waals surface area contributed by atoms with Gasteiger partial charge < -0.3 is 5.32 Å². The van der Waals surface area contributed by atoms with Gasteiger partial charge in [0, 0.05) is 25.8 Å². The number of hydrogen-bond donors (Lipinski definition) is 1. The van der Waals surface area contributed by atoms with E-state index in [0.717, 1.165) is 38.3 Å². The monoisotopic (exact) mass is 345 g/mol. The van der Waals surface area contributed by atoms with Crippen LogP contribution in [0.4, 0.5) is 0 Å². The maximum atomic E-state index is 4.85. The van der Waals surface area contributed by atoms with Gasteiger partial charge in [0.25, 0.3) is 0 Å². The third-order valence-corrected chi connectivity index (χ3v) is 5.37. The predicted molar refractivity (Wildman–Crippen MR) is 108 cm³/mol. The molecule has 0 amide bonds. The van der Waals surface area contributed by atoms with Gasteiger partial charge in [-0.3, -0.25) is 9.88 Å². The SMILES string of the molecule is CCc1ccc(C(c2ccc3ccccc3c2)N2CCCNCC2)nc1. The van der Waals surface area contributed by atoms with Gasteiger partial charge in [0.05, 0.1) is 11.7 Å². The van der Waals surface area contributed by atoms with Gasteiger partial charge in [0.1, 0.15) is 0 Å². The smallest absolute Gasteiger partial charge is 0.0777 e. The lowest BCUT2D eigenvalue weighted by Crippen LogP contribution is -2.33. The second kappa shape index (κ2) is 7.98. The fourth-order valence-electron chi connectivity index (χ4n) is 3.88. The van der Waals surface area contributed by atoms with Gasteiger partial charge in [-0.15, -0.1) is 0 Å². The summed E-state index contributed by atoms with van der Waals surface area (Å²) >= 11 is 0. The Hall–Kier alpha value is -2.23. The lowest BCUT2D eigenvalue weighted by atomic mass is 9.97. The molecule has 1 aliphatic heterocycles. The molecule has 26 heavy (non-hydrogen) atoms. The van der Waals surface area contributed by atoms with Crippen molar-refractivity contribution in [1.82, 2.24) is 15.2 Å². The molecule has 1 aliphatic rings. The van der Waals surface area contributed by atoms with Crippen LogP contribution in [0.5, 0.6) is 0 Å². The number of nitrogens with one attached hydrogen (secondary N) is 1. The molecule has 1 unspecified atom stereocenters. The number of aryl methyl sites for hydroxylation is 1. The number of pyridine rings is 1. The topological polar surface area (TPSA) is 28.2 Å². The van der Waals surface area contributed by atoms with E-state index in [4.69, 9.17) is 4.98 Å². The maximum Gasteiger partial charge on any atom is 0.0777 e. The third kappa shape index (κ3) is 3.64. The fourth-order valence-corrected chi connectivity index (χ4v) is 3.88. The van der Waals surface area contributed by atoms with Crippen LogP contribution in [0, 0.1) is 0 Å². The Morgan fingerprint density at radius 1 is 1.00 bits per heavy atom. The minimum Gasteiger partial charge on any atom is -0.315 e. The summed E-state index contributed by atoms with van der Waals surface area (Å²) in [5, 5.41) is 6.11. The second-order valence-corrected chi connectivity index (χ2v) is 7.09. The van der Waals surface area contributed by atoms with Crippen molar-refractivity contribution in [2.45, 2.75) is 25.8 Å². The average molecular weight is 345 g/mol. The summed E-state index contributed by atoms with van der Waals surface area (Å²) in [5.41, 5.74) is 3.78. The van der Waals surface area contributed by atoms with E-state index in [1.54, 1.807) is 0 Å². The number of hydrogen-bond acceptors (Lipinski definition) is 3. The van der Waals surface area contributed by atoms with Crippen molar-refractivity contribution in [1.29, 1.82) is 0 Å². The molecule has 1 saturated heterocycles. The molecule has 0 saturated carbocycles. The van der Waals surface area contributed by atoms with Gasteiger partial charge in [-0.25, -0.2) is 0 Å². The Labute approximate surface area is 156 Å². The molecule has 4 rings (SSSR count). The highest BCUT2D eigenvalue weighted by Gasteiger charge is 2.24. The summed E-state index contributed by atoms with van der Waals surface area (Å²) in [7, 11) is 0. The van der Waals surface area contributed by atoms with Crippen LogP contribution < -0.4 is 5.32 Å². The Balaban J connectivity index is 1.76. The third-order valence-electron chi connectivity index (χ3n) is 5.37. The first-order valence-electron chi connectivity index (χ1n) is 9.73. The summed E-state index contributed by atoms with van der Waals surface area (Å²) in [4.78, 5) is 7.43. The van der Waals surface area contributed by atoms with Crippen molar-refractivity contribution in [2.75, 3.05) is 26.2 Å². The molecule has 3 heteroatoms. The molecule has 3 nitrogen and oxygen atoms in total. The molecule has 1 atom stereocenters. The van der Waals surface area contributed by atoms with Gasteiger partial charge in [-0.05, 0) is 53.4 Å². The van der Waals surface area contributed by atoms with E-state index < -0.39 is 0 Å². The van der Waals surface area contributed by atoms with Crippen molar-refractivity contribution in [3.8, 4) is 0 Å². The van der Waals surface area contributed by atoms with Crippen molar-refractivity contribution in [3.63, 3.8) is 0 Å². The van der Waals surface area contributed by atoms with Crippen LogP contribution in [0.15, 0.2) is 60.8 Å². The minimum atomic E-state index is 0.213. The summed E-state index contributed by atoms with van der Waals surface area (Å²) < 4.78 is 0. The first-order valence-corrected chi connectivity index (χ1v) is 9.73. The average Bonchev–Trinajstić information content (AvgIpc) is 2.98. The van der Waals surface area contributed by atoms with E-state index in [0.29, 0.717) is 0 Å². The zero-order valence-corrected chi connectivity index (χ0v) is 15.5. The number of benzene rings is 2. The second-order valence-electron chi connectivity index (χ2n) is 7.09. The molecule has 1 aromatic heterocycles. The van der Waals surface area contributed by atoms with E-state index >= 15 is 0 Å². The molecule has 3 aromatic rings. The molecule has 2 heterocycles. The molecule has 0 bridgehead atoms. The van der Waals surface area contributed by atoms with Crippen LogP contribution in [0.3, 0.4) is 0 Å². The van der Waals surface area contributed by atoms with Crippen LogP contribution >= 0.6 is 0 Å². The first-order chi connectivity index (χ1) is 12.8. The number of aromatic nitrogens is 1. The van der Waals surface area contributed by atoms with Gasteiger partial charge in [0.2, 0.25) is 0 Å². The summed E-state index contributed by atoms with van der Waals surface area (Å²) in [6.45, 7) is 6.47. The molecule has 0 aliphatic carbocycles. The Kier molecular flexibility index (Phi) is 5.28. The molecule has 2 aromatic carbocycles. The van der Waals surface area contributed by atoms with Crippen LogP contribution in [0.25, 0.3) is 10.8 Å². The van der Waals surface area contributed by atoms with E-state index in [1.807, 2.05) is 6.20 Å². The van der Waals surface area contributed by atoms with E-state index in [1.165, 1.54) is 28.3 Å². The van der Waals surface area contributed by atoms with Crippen LogP contribution in [-0.4, -0.2) is 36.1 Å². The number of fused-ring (bicyclic) bond motifs is 1. The minimum absolute atomic E-state index is 0.213. The standard InChI is InChI=1S/C23H27N3/c1-2-18-8-11-22(25-17-18)23(26-14-5-12-24-13-15-26)21-10-9-19-6-3-4-7-20(19)16-21/h3-4,6-11,16-17,23-24H,2,5,12-15H2,1H3. The Bertz CT molecular complexity index is 849. The van der Waals surface area contributed by atoms with Gasteiger partial charge in [-0.1, -0.05) is 49.4 Å². The summed E-state index contributed by atoms with van der Waals surface area (Å²) in [6, 6.07) is 20.1. The molecule has 1 fully saturated rings. The summed E-state index contributed by atoms with van der Waals surface area (Å²) in [6.07, 6.45) is 4.25. The predicted octanol–water partition coefficient (Wildman–Crippen LogP) is 4.18. The largest absolute Gasteiger partial charge is 0.315 e. The highest BCUT2D eigenvalue weighted by Crippen LogP contribution is 2.30. The summed E-state index contributed by atoms with van der Waals surface area (Å²) in [5.74, 6) is 0. The van der Waals surface area contributed by atoms with Crippen molar-refractivity contribution in [3.05, 3.63) is 77.6 Å². The molecule has 0 radical (unpaired) electrons. The quantitative estimate of drug-likeness (QED) is 0.769. The first kappa shape index (κ1) is 17.2. The van der Waals surface area contributed by atoms with Crippen LogP contribution in [-0.2, 0) is 6.42 Å². The van der Waals surface area contributed by atoms with E-state index in [-0.39, 0.29) is 6.04 Å². The molecular weight excluding hydrogens is 318 g/mol. The lowest BCUT2D eigenvalue weighted by molar-refractivity contribution is 0.237.